The monoisotopic (exact) mass is 208 g/mol. The number of rotatable bonds is 1. The summed E-state index contributed by atoms with van der Waals surface area (Å²) >= 11 is 0. The fourth-order valence-corrected chi connectivity index (χ4v) is 1.83. The Morgan fingerprint density at radius 1 is 1.60 bits per heavy atom. The Hall–Kier alpha value is -1.36. The van der Waals surface area contributed by atoms with Crippen LogP contribution < -0.4 is 10.6 Å². The molecular weight excluding hydrogens is 192 g/mol. The molecule has 1 saturated heterocycles. The second-order valence-corrected chi connectivity index (χ2v) is 4.06. The summed E-state index contributed by atoms with van der Waals surface area (Å²) < 4.78 is 0. The predicted molar refractivity (Wildman–Crippen MR) is 58.4 cm³/mol. The Morgan fingerprint density at radius 2 is 2.40 bits per heavy atom. The lowest BCUT2D eigenvalue weighted by atomic mass is 9.97. The predicted octanol–water partition coefficient (Wildman–Crippen LogP) is 0.266. The molecule has 0 saturated carbocycles. The van der Waals surface area contributed by atoms with Gasteiger partial charge in [0, 0.05) is 19.3 Å². The summed E-state index contributed by atoms with van der Waals surface area (Å²) in [7, 11) is 0. The fourth-order valence-electron chi connectivity index (χ4n) is 1.83. The molecule has 0 aliphatic carbocycles. The standard InChI is InChI=1S/C10H16N4O/c1-7-6-14(5-3-8(7)15)10-12-4-2-9(11)13-10/h2,4,7-8,15H,3,5-6H2,1H3,(H2,11,12,13)/t7-,8-/m0/s1. The quantitative estimate of drug-likeness (QED) is 0.692. The van der Waals surface area contributed by atoms with Crippen LogP contribution in [0.5, 0.6) is 0 Å². The Bertz CT molecular complexity index is 344. The van der Waals surface area contributed by atoms with E-state index >= 15 is 0 Å². The highest BCUT2D eigenvalue weighted by molar-refractivity contribution is 5.38. The first-order valence-electron chi connectivity index (χ1n) is 5.18. The molecule has 15 heavy (non-hydrogen) atoms. The van der Waals surface area contributed by atoms with E-state index in [2.05, 4.69) is 14.9 Å². The van der Waals surface area contributed by atoms with Gasteiger partial charge in [-0.05, 0) is 18.4 Å². The first-order chi connectivity index (χ1) is 7.16. The van der Waals surface area contributed by atoms with Gasteiger partial charge < -0.3 is 15.7 Å². The van der Waals surface area contributed by atoms with Gasteiger partial charge in [-0.25, -0.2) is 4.98 Å². The Balaban J connectivity index is 2.12. The molecule has 0 aromatic carbocycles. The van der Waals surface area contributed by atoms with Gasteiger partial charge in [-0.2, -0.15) is 4.98 Å². The number of hydrogen-bond acceptors (Lipinski definition) is 5. The molecule has 1 aromatic rings. The molecule has 0 bridgehead atoms. The molecule has 0 spiro atoms. The van der Waals surface area contributed by atoms with Crippen LogP contribution in [0.25, 0.3) is 0 Å². The summed E-state index contributed by atoms with van der Waals surface area (Å²) in [5, 5.41) is 9.60. The van der Waals surface area contributed by atoms with Crippen molar-refractivity contribution < 1.29 is 5.11 Å². The van der Waals surface area contributed by atoms with Crippen molar-refractivity contribution in [2.45, 2.75) is 19.4 Å². The van der Waals surface area contributed by atoms with E-state index in [0.717, 1.165) is 19.5 Å². The molecule has 0 unspecified atom stereocenters. The number of hydrogen-bond donors (Lipinski definition) is 2. The number of aliphatic hydroxyl groups excluding tert-OH is 1. The molecule has 1 aromatic heterocycles. The van der Waals surface area contributed by atoms with Crippen LogP contribution in [-0.2, 0) is 0 Å². The van der Waals surface area contributed by atoms with E-state index in [1.54, 1.807) is 12.3 Å². The summed E-state index contributed by atoms with van der Waals surface area (Å²) in [6, 6.07) is 1.67. The highest BCUT2D eigenvalue weighted by Crippen LogP contribution is 2.20. The van der Waals surface area contributed by atoms with Gasteiger partial charge in [-0.1, -0.05) is 6.92 Å². The van der Waals surface area contributed by atoms with Gasteiger partial charge in [-0.3, -0.25) is 0 Å². The van der Waals surface area contributed by atoms with Crippen LogP contribution in [0.2, 0.25) is 0 Å². The third-order valence-corrected chi connectivity index (χ3v) is 2.81. The summed E-state index contributed by atoms with van der Waals surface area (Å²) in [5.74, 6) is 1.40. The molecule has 0 amide bonds. The van der Waals surface area contributed by atoms with Crippen LogP contribution in [0.1, 0.15) is 13.3 Å². The van der Waals surface area contributed by atoms with Crippen molar-refractivity contribution >= 4 is 11.8 Å². The zero-order valence-corrected chi connectivity index (χ0v) is 8.80. The average molecular weight is 208 g/mol. The van der Waals surface area contributed by atoms with Crippen LogP contribution in [0.3, 0.4) is 0 Å². The van der Waals surface area contributed by atoms with Crippen molar-refractivity contribution in [3.63, 3.8) is 0 Å². The Morgan fingerprint density at radius 3 is 3.07 bits per heavy atom. The first kappa shape index (κ1) is 10.2. The second-order valence-electron chi connectivity index (χ2n) is 4.06. The second kappa shape index (κ2) is 4.02. The lowest BCUT2D eigenvalue weighted by Gasteiger charge is -2.34. The minimum absolute atomic E-state index is 0.206. The topological polar surface area (TPSA) is 75.3 Å². The average Bonchev–Trinajstić information content (AvgIpc) is 2.22. The number of anilines is 2. The van der Waals surface area contributed by atoms with Crippen LogP contribution in [-0.4, -0.2) is 34.3 Å². The normalized spacial score (nSPS) is 26.7. The van der Waals surface area contributed by atoms with Gasteiger partial charge in [-0.15, -0.1) is 0 Å². The number of aromatic nitrogens is 2. The van der Waals surface area contributed by atoms with Crippen LogP contribution in [0, 0.1) is 5.92 Å². The maximum Gasteiger partial charge on any atom is 0.227 e. The van der Waals surface area contributed by atoms with Crippen LogP contribution >= 0.6 is 0 Å². The largest absolute Gasteiger partial charge is 0.393 e. The van der Waals surface area contributed by atoms with Crippen LogP contribution in [0.15, 0.2) is 12.3 Å². The molecule has 0 radical (unpaired) electrons. The van der Waals surface area contributed by atoms with E-state index in [9.17, 15) is 5.11 Å². The van der Waals surface area contributed by atoms with E-state index in [4.69, 9.17) is 5.73 Å². The van der Waals surface area contributed by atoms with Crippen molar-refractivity contribution in [2.75, 3.05) is 23.7 Å². The number of aliphatic hydroxyl groups is 1. The molecule has 1 fully saturated rings. The van der Waals surface area contributed by atoms with Crippen LogP contribution in [0.4, 0.5) is 11.8 Å². The summed E-state index contributed by atoms with van der Waals surface area (Å²) in [6.07, 6.45) is 2.22. The molecule has 82 valence electrons. The van der Waals surface area contributed by atoms with E-state index in [1.165, 1.54) is 0 Å². The zero-order valence-electron chi connectivity index (χ0n) is 8.80. The van der Waals surface area contributed by atoms with Gasteiger partial charge in [0.25, 0.3) is 0 Å². The number of nitrogens with two attached hydrogens (primary N) is 1. The minimum atomic E-state index is -0.206. The zero-order chi connectivity index (χ0) is 10.8. The lowest BCUT2D eigenvalue weighted by molar-refractivity contribution is 0.0966. The maximum atomic E-state index is 9.60. The first-order valence-corrected chi connectivity index (χ1v) is 5.18. The fraction of sp³-hybridized carbons (Fsp3) is 0.600. The Kier molecular flexibility index (Phi) is 2.73. The van der Waals surface area contributed by atoms with Gasteiger partial charge in [0.05, 0.1) is 6.10 Å². The molecule has 2 atom stereocenters. The van der Waals surface area contributed by atoms with Crippen molar-refractivity contribution in [1.82, 2.24) is 9.97 Å². The molecule has 5 nitrogen and oxygen atoms in total. The lowest BCUT2D eigenvalue weighted by Crippen LogP contribution is -2.42. The smallest absolute Gasteiger partial charge is 0.227 e. The van der Waals surface area contributed by atoms with Gasteiger partial charge in [0.15, 0.2) is 0 Å². The number of nitrogens with zero attached hydrogens (tertiary/aromatic N) is 3. The highest BCUT2D eigenvalue weighted by Gasteiger charge is 2.25. The molecule has 2 rings (SSSR count). The van der Waals surface area contributed by atoms with Crippen molar-refractivity contribution in [1.29, 1.82) is 0 Å². The molecule has 3 N–H and O–H groups in total. The molecule has 2 heterocycles. The third-order valence-electron chi connectivity index (χ3n) is 2.81. The molecule has 1 aliphatic heterocycles. The molecule has 1 aliphatic rings. The van der Waals surface area contributed by atoms with Crippen molar-refractivity contribution in [3.8, 4) is 0 Å². The van der Waals surface area contributed by atoms with Gasteiger partial charge in [0.2, 0.25) is 5.95 Å². The Labute approximate surface area is 88.9 Å². The van der Waals surface area contributed by atoms with Crippen molar-refractivity contribution in [2.24, 2.45) is 5.92 Å². The van der Waals surface area contributed by atoms with Crippen molar-refractivity contribution in [3.05, 3.63) is 12.3 Å². The van der Waals surface area contributed by atoms with Gasteiger partial charge in [0.1, 0.15) is 5.82 Å². The van der Waals surface area contributed by atoms with E-state index in [1.807, 2.05) is 6.92 Å². The highest BCUT2D eigenvalue weighted by atomic mass is 16.3. The number of nitrogen functional groups attached to an aromatic ring is 1. The number of piperidine rings is 1. The summed E-state index contributed by atoms with van der Waals surface area (Å²) in [6.45, 7) is 3.60. The van der Waals surface area contributed by atoms with E-state index in [0.29, 0.717) is 11.8 Å². The van der Waals surface area contributed by atoms with E-state index < -0.39 is 0 Å². The maximum absolute atomic E-state index is 9.60. The van der Waals surface area contributed by atoms with Gasteiger partial charge >= 0.3 is 0 Å². The van der Waals surface area contributed by atoms with E-state index in [-0.39, 0.29) is 12.0 Å². The molecule has 5 heteroatoms. The summed E-state index contributed by atoms with van der Waals surface area (Å²) in [4.78, 5) is 10.4. The third kappa shape index (κ3) is 2.18. The summed E-state index contributed by atoms with van der Waals surface area (Å²) in [5.41, 5.74) is 5.60. The SMILES string of the molecule is C[C@H]1CN(c2nccc(N)n2)CC[C@@H]1O. The molecular formula is C10H16N4O. The minimum Gasteiger partial charge on any atom is -0.393 e.